The van der Waals surface area contributed by atoms with Gasteiger partial charge in [0.15, 0.2) is 5.65 Å². The van der Waals surface area contributed by atoms with Crippen LogP contribution in [0.4, 0.5) is 5.69 Å². The molecule has 5 heteroatoms. The van der Waals surface area contributed by atoms with Gasteiger partial charge in [0.05, 0.1) is 16.9 Å². The van der Waals surface area contributed by atoms with Crippen molar-refractivity contribution in [2.45, 2.75) is 60.4 Å². The largest absolute Gasteiger partial charge is 0.378 e. The lowest BCUT2D eigenvalue weighted by Gasteiger charge is -2.39. The quantitative estimate of drug-likeness (QED) is 0.556. The lowest BCUT2D eigenvalue weighted by atomic mass is 9.93. The zero-order valence-corrected chi connectivity index (χ0v) is 19.5. The number of imidazole rings is 1. The van der Waals surface area contributed by atoms with E-state index in [0.29, 0.717) is 12.5 Å². The van der Waals surface area contributed by atoms with E-state index >= 15 is 0 Å². The summed E-state index contributed by atoms with van der Waals surface area (Å²) in [6.07, 6.45) is 5.65. The number of carbonyl (C=O) groups is 1. The Morgan fingerprint density at radius 2 is 1.87 bits per heavy atom. The topological polar surface area (TPSA) is 49.6 Å². The molecule has 0 bridgehead atoms. The maximum absolute atomic E-state index is 13.2. The number of nitrogens with zero attached hydrogens (tertiary/aromatic N) is 3. The van der Waals surface area contributed by atoms with Gasteiger partial charge in [0, 0.05) is 31.5 Å². The molecular formula is C26H34N4O. The fourth-order valence-corrected chi connectivity index (χ4v) is 4.52. The molecule has 1 N–H and O–H groups in total. The van der Waals surface area contributed by atoms with E-state index in [9.17, 15) is 4.79 Å². The molecule has 0 spiro atoms. The van der Waals surface area contributed by atoms with E-state index in [1.54, 1.807) is 0 Å². The van der Waals surface area contributed by atoms with Crippen LogP contribution in [0.2, 0.25) is 0 Å². The van der Waals surface area contributed by atoms with Gasteiger partial charge < -0.3 is 14.6 Å². The molecule has 1 amide bonds. The number of benzene rings is 1. The molecule has 1 aliphatic rings. The number of unbranched alkanes of at least 4 members (excludes halogenated alkanes) is 1. The third kappa shape index (κ3) is 4.18. The highest BCUT2D eigenvalue weighted by Crippen LogP contribution is 2.27. The second kappa shape index (κ2) is 8.74. The minimum absolute atomic E-state index is 0.121. The number of aryl methyl sites for hydroxylation is 4. The van der Waals surface area contributed by atoms with Gasteiger partial charge in [-0.15, -0.1) is 0 Å². The Morgan fingerprint density at radius 3 is 2.55 bits per heavy atom. The fourth-order valence-electron chi connectivity index (χ4n) is 4.52. The van der Waals surface area contributed by atoms with Gasteiger partial charge in [-0.25, -0.2) is 4.98 Å². The number of hydrogen-bond donors (Lipinski definition) is 1. The van der Waals surface area contributed by atoms with Crippen LogP contribution in [0.3, 0.4) is 0 Å². The van der Waals surface area contributed by atoms with E-state index in [4.69, 9.17) is 4.98 Å². The maximum atomic E-state index is 13.2. The van der Waals surface area contributed by atoms with E-state index in [-0.39, 0.29) is 5.91 Å². The Balaban J connectivity index is 1.61. The fraction of sp³-hybridized carbons (Fsp3) is 0.462. The molecule has 31 heavy (non-hydrogen) atoms. The van der Waals surface area contributed by atoms with Crippen molar-refractivity contribution in [2.75, 3.05) is 18.4 Å². The summed E-state index contributed by atoms with van der Waals surface area (Å²) in [5, 5.41) is 3.58. The van der Waals surface area contributed by atoms with Gasteiger partial charge in [0.2, 0.25) is 0 Å². The number of carbonyl (C=O) groups excluding carboxylic acids is 1. The van der Waals surface area contributed by atoms with Crippen LogP contribution in [-0.2, 0) is 6.54 Å². The number of fused-ring (bicyclic) bond motifs is 1. The standard InChI is InChI=1S/C26H34N4O/c1-6-7-11-21-14-29(15-21)26(31)22-12-24(25-28-19(4)20(5)30(25)16-22)27-13-23-17(2)9-8-10-18(23)3/h8-10,12,16,21,27H,6-7,11,13-15H2,1-5H3. The summed E-state index contributed by atoms with van der Waals surface area (Å²) in [6, 6.07) is 8.36. The lowest BCUT2D eigenvalue weighted by Crippen LogP contribution is -2.49. The molecule has 3 heterocycles. The molecule has 4 rings (SSSR count). The minimum Gasteiger partial charge on any atom is -0.378 e. The van der Waals surface area contributed by atoms with E-state index in [0.717, 1.165) is 41.4 Å². The molecule has 1 aliphatic heterocycles. The highest BCUT2D eigenvalue weighted by molar-refractivity contribution is 5.96. The van der Waals surface area contributed by atoms with Gasteiger partial charge >= 0.3 is 0 Å². The SMILES string of the molecule is CCCCC1CN(C(=O)c2cc(NCc3c(C)cccc3C)c3nc(C)c(C)n3c2)C1. The first-order chi connectivity index (χ1) is 14.9. The molecule has 164 valence electrons. The first-order valence-corrected chi connectivity index (χ1v) is 11.5. The summed E-state index contributed by atoms with van der Waals surface area (Å²) in [5.41, 5.74) is 8.41. The van der Waals surface area contributed by atoms with Gasteiger partial charge in [-0.3, -0.25) is 4.79 Å². The molecule has 2 aromatic heterocycles. The number of likely N-dealkylation sites (tertiary alicyclic amines) is 1. The Morgan fingerprint density at radius 1 is 1.16 bits per heavy atom. The van der Waals surface area contributed by atoms with Crippen LogP contribution in [0.15, 0.2) is 30.5 Å². The molecule has 5 nitrogen and oxygen atoms in total. The Kier molecular flexibility index (Phi) is 6.03. The molecule has 0 radical (unpaired) electrons. The number of aromatic nitrogens is 2. The second-order valence-corrected chi connectivity index (χ2v) is 9.06. The Hall–Kier alpha value is -2.82. The second-order valence-electron chi connectivity index (χ2n) is 9.06. The van der Waals surface area contributed by atoms with Crippen LogP contribution in [-0.4, -0.2) is 33.3 Å². The summed E-state index contributed by atoms with van der Waals surface area (Å²) in [5.74, 6) is 0.780. The third-order valence-corrected chi connectivity index (χ3v) is 6.75. The summed E-state index contributed by atoms with van der Waals surface area (Å²) in [6.45, 7) is 13.0. The predicted molar refractivity (Wildman–Crippen MR) is 127 cm³/mol. The van der Waals surface area contributed by atoms with Crippen molar-refractivity contribution in [1.29, 1.82) is 0 Å². The monoisotopic (exact) mass is 418 g/mol. The van der Waals surface area contributed by atoms with Crippen molar-refractivity contribution in [3.63, 3.8) is 0 Å². The van der Waals surface area contributed by atoms with E-state index in [1.807, 2.05) is 24.1 Å². The van der Waals surface area contributed by atoms with Crippen molar-refractivity contribution in [1.82, 2.24) is 14.3 Å². The highest BCUT2D eigenvalue weighted by atomic mass is 16.2. The molecule has 1 saturated heterocycles. The van der Waals surface area contributed by atoms with Crippen LogP contribution >= 0.6 is 0 Å². The smallest absolute Gasteiger partial charge is 0.255 e. The Bertz CT molecular complexity index is 1090. The van der Waals surface area contributed by atoms with E-state index in [2.05, 4.69) is 55.6 Å². The van der Waals surface area contributed by atoms with Crippen molar-refractivity contribution in [3.05, 3.63) is 64.1 Å². The van der Waals surface area contributed by atoms with Crippen molar-refractivity contribution in [2.24, 2.45) is 5.92 Å². The van der Waals surface area contributed by atoms with Gasteiger partial charge in [0.1, 0.15) is 0 Å². The first-order valence-electron chi connectivity index (χ1n) is 11.5. The minimum atomic E-state index is 0.121. The van der Waals surface area contributed by atoms with Crippen LogP contribution < -0.4 is 5.32 Å². The molecule has 0 unspecified atom stereocenters. The maximum Gasteiger partial charge on any atom is 0.255 e. The van der Waals surface area contributed by atoms with Gasteiger partial charge in [-0.1, -0.05) is 38.0 Å². The van der Waals surface area contributed by atoms with Crippen LogP contribution in [0.25, 0.3) is 5.65 Å². The first kappa shape index (κ1) is 21.4. The van der Waals surface area contributed by atoms with E-state index in [1.165, 1.54) is 36.0 Å². The molecule has 0 atom stereocenters. The highest BCUT2D eigenvalue weighted by Gasteiger charge is 2.31. The third-order valence-electron chi connectivity index (χ3n) is 6.75. The molecule has 1 fully saturated rings. The predicted octanol–water partition coefficient (Wildman–Crippen LogP) is 5.44. The molecule has 0 aliphatic carbocycles. The zero-order chi connectivity index (χ0) is 22.1. The number of amides is 1. The van der Waals surface area contributed by atoms with Gasteiger partial charge in [0.25, 0.3) is 5.91 Å². The number of rotatable bonds is 7. The molecule has 0 saturated carbocycles. The van der Waals surface area contributed by atoms with Crippen molar-refractivity contribution >= 4 is 17.2 Å². The summed E-state index contributed by atoms with van der Waals surface area (Å²) in [4.78, 5) is 20.0. The number of hydrogen-bond acceptors (Lipinski definition) is 3. The summed E-state index contributed by atoms with van der Waals surface area (Å²) >= 11 is 0. The summed E-state index contributed by atoms with van der Waals surface area (Å²) < 4.78 is 2.06. The van der Waals surface area contributed by atoms with Crippen molar-refractivity contribution < 1.29 is 4.79 Å². The summed E-state index contributed by atoms with van der Waals surface area (Å²) in [7, 11) is 0. The van der Waals surface area contributed by atoms with Crippen LogP contribution in [0, 0.1) is 33.6 Å². The molecule has 3 aromatic rings. The Labute approximate surface area is 185 Å². The molecular weight excluding hydrogens is 384 g/mol. The van der Waals surface area contributed by atoms with Gasteiger partial charge in [-0.05, 0) is 62.8 Å². The molecule has 1 aromatic carbocycles. The number of nitrogens with one attached hydrogen (secondary N) is 1. The van der Waals surface area contributed by atoms with Gasteiger partial charge in [-0.2, -0.15) is 0 Å². The van der Waals surface area contributed by atoms with Crippen LogP contribution in [0.5, 0.6) is 0 Å². The number of pyridine rings is 1. The normalized spacial score (nSPS) is 14.2. The zero-order valence-electron chi connectivity index (χ0n) is 19.5. The van der Waals surface area contributed by atoms with Crippen LogP contribution in [0.1, 0.15) is 64.6 Å². The number of anilines is 1. The lowest BCUT2D eigenvalue weighted by molar-refractivity contribution is 0.0481. The average Bonchev–Trinajstić information content (AvgIpc) is 3.00. The van der Waals surface area contributed by atoms with Crippen molar-refractivity contribution in [3.8, 4) is 0 Å². The van der Waals surface area contributed by atoms with E-state index < -0.39 is 0 Å². The average molecular weight is 419 g/mol.